The highest BCUT2D eigenvalue weighted by Gasteiger charge is 2.08. The molecule has 2 nitrogen and oxygen atoms in total. The van der Waals surface area contributed by atoms with Gasteiger partial charge in [0.1, 0.15) is 5.75 Å². The molecule has 1 unspecified atom stereocenters. The van der Waals surface area contributed by atoms with Crippen molar-refractivity contribution < 1.29 is 4.74 Å². The van der Waals surface area contributed by atoms with Gasteiger partial charge < -0.3 is 10.5 Å². The van der Waals surface area contributed by atoms with E-state index in [0.717, 1.165) is 17.7 Å². The van der Waals surface area contributed by atoms with E-state index in [0.29, 0.717) is 11.6 Å². The number of rotatable bonds is 8. The van der Waals surface area contributed by atoms with Gasteiger partial charge in [0.15, 0.2) is 0 Å². The summed E-state index contributed by atoms with van der Waals surface area (Å²) in [7, 11) is 0. The molecule has 1 aromatic carbocycles. The van der Waals surface area contributed by atoms with Crippen molar-refractivity contribution in [3.05, 3.63) is 28.8 Å². The lowest BCUT2D eigenvalue weighted by atomic mass is 10.1. The maximum Gasteiger partial charge on any atom is 0.124 e. The SMILES string of the molecule is CCCCCCC(C)Oc1ccc(Cl)cc1CN. The quantitative estimate of drug-likeness (QED) is 0.704. The zero-order chi connectivity index (χ0) is 13.4. The van der Waals surface area contributed by atoms with Crippen LogP contribution in [0, 0.1) is 0 Å². The summed E-state index contributed by atoms with van der Waals surface area (Å²) in [5.74, 6) is 0.866. The molecular weight excluding hydrogens is 246 g/mol. The van der Waals surface area contributed by atoms with Gasteiger partial charge in [-0.25, -0.2) is 0 Å². The summed E-state index contributed by atoms with van der Waals surface area (Å²) in [6.45, 7) is 4.79. The van der Waals surface area contributed by atoms with E-state index < -0.39 is 0 Å². The van der Waals surface area contributed by atoms with Crippen molar-refractivity contribution in [2.45, 2.75) is 58.6 Å². The van der Waals surface area contributed by atoms with Crippen LogP contribution in [0.1, 0.15) is 51.5 Å². The smallest absolute Gasteiger partial charge is 0.124 e. The molecule has 18 heavy (non-hydrogen) atoms. The van der Waals surface area contributed by atoms with Crippen molar-refractivity contribution in [1.29, 1.82) is 0 Å². The van der Waals surface area contributed by atoms with Crippen LogP contribution in [0.5, 0.6) is 5.75 Å². The molecule has 1 rings (SSSR count). The van der Waals surface area contributed by atoms with Gasteiger partial charge in [0, 0.05) is 17.1 Å². The van der Waals surface area contributed by atoms with E-state index in [1.807, 2.05) is 18.2 Å². The topological polar surface area (TPSA) is 35.2 Å². The largest absolute Gasteiger partial charge is 0.490 e. The van der Waals surface area contributed by atoms with Crippen molar-refractivity contribution in [2.75, 3.05) is 0 Å². The molecule has 0 aliphatic rings. The Kier molecular flexibility index (Phi) is 7.14. The molecule has 2 N–H and O–H groups in total. The minimum absolute atomic E-state index is 0.230. The van der Waals surface area contributed by atoms with Crippen LogP contribution in [0.2, 0.25) is 5.02 Å². The lowest BCUT2D eigenvalue weighted by Crippen LogP contribution is -2.13. The van der Waals surface area contributed by atoms with Crippen LogP contribution < -0.4 is 10.5 Å². The summed E-state index contributed by atoms with van der Waals surface area (Å²) in [6.07, 6.45) is 6.40. The Morgan fingerprint density at radius 1 is 1.28 bits per heavy atom. The molecule has 0 saturated carbocycles. The number of unbranched alkanes of at least 4 members (excludes halogenated alkanes) is 3. The van der Waals surface area contributed by atoms with Crippen molar-refractivity contribution in [3.63, 3.8) is 0 Å². The molecule has 3 heteroatoms. The second-order valence-corrected chi connectivity index (χ2v) is 5.17. The molecule has 1 atom stereocenters. The van der Waals surface area contributed by atoms with Gasteiger partial charge in [-0.3, -0.25) is 0 Å². The number of halogens is 1. The Morgan fingerprint density at radius 2 is 2.06 bits per heavy atom. The van der Waals surface area contributed by atoms with Gasteiger partial charge in [0.05, 0.1) is 6.10 Å². The zero-order valence-corrected chi connectivity index (χ0v) is 12.2. The molecule has 0 bridgehead atoms. The standard InChI is InChI=1S/C15H24ClNO/c1-3-4-5-6-7-12(2)18-15-9-8-14(16)10-13(15)11-17/h8-10,12H,3-7,11,17H2,1-2H3. The summed E-state index contributed by atoms with van der Waals surface area (Å²) in [6, 6.07) is 5.63. The summed E-state index contributed by atoms with van der Waals surface area (Å²) >= 11 is 5.94. The van der Waals surface area contributed by atoms with Crippen LogP contribution in [0.4, 0.5) is 0 Å². The van der Waals surface area contributed by atoms with Gasteiger partial charge >= 0.3 is 0 Å². The number of nitrogens with two attached hydrogens (primary N) is 1. The van der Waals surface area contributed by atoms with Crippen LogP contribution in [0.25, 0.3) is 0 Å². The third-order valence-electron chi connectivity index (χ3n) is 3.03. The highest BCUT2D eigenvalue weighted by atomic mass is 35.5. The molecule has 0 fully saturated rings. The molecule has 0 amide bonds. The lowest BCUT2D eigenvalue weighted by Gasteiger charge is -2.17. The predicted octanol–water partition coefficient (Wildman–Crippen LogP) is 4.54. The Hall–Kier alpha value is -0.730. The van der Waals surface area contributed by atoms with Crippen LogP contribution >= 0.6 is 11.6 Å². The van der Waals surface area contributed by atoms with Crippen molar-refractivity contribution >= 4 is 11.6 Å². The molecule has 0 radical (unpaired) electrons. The van der Waals surface area contributed by atoms with E-state index in [9.17, 15) is 0 Å². The van der Waals surface area contributed by atoms with Gasteiger partial charge in [-0.05, 0) is 38.0 Å². The molecule has 0 aromatic heterocycles. The fourth-order valence-corrected chi connectivity index (χ4v) is 2.15. The third-order valence-corrected chi connectivity index (χ3v) is 3.27. The second kappa shape index (κ2) is 8.39. The van der Waals surface area contributed by atoms with Crippen LogP contribution in [-0.4, -0.2) is 6.10 Å². The third kappa shape index (κ3) is 5.28. The number of hydrogen-bond donors (Lipinski definition) is 1. The van der Waals surface area contributed by atoms with E-state index in [2.05, 4.69) is 13.8 Å². The van der Waals surface area contributed by atoms with Gasteiger partial charge in [-0.2, -0.15) is 0 Å². The van der Waals surface area contributed by atoms with Gasteiger partial charge in [-0.15, -0.1) is 0 Å². The minimum Gasteiger partial charge on any atom is -0.490 e. The van der Waals surface area contributed by atoms with Crippen LogP contribution in [-0.2, 0) is 6.54 Å². The first-order valence-corrected chi connectivity index (χ1v) is 7.20. The van der Waals surface area contributed by atoms with E-state index >= 15 is 0 Å². The predicted molar refractivity (Wildman–Crippen MR) is 78.2 cm³/mol. The van der Waals surface area contributed by atoms with E-state index in [1.54, 1.807) is 0 Å². The van der Waals surface area contributed by atoms with E-state index in [1.165, 1.54) is 25.7 Å². The van der Waals surface area contributed by atoms with E-state index in [4.69, 9.17) is 22.1 Å². The average molecular weight is 270 g/mol. The molecular formula is C15H24ClNO. The van der Waals surface area contributed by atoms with E-state index in [-0.39, 0.29) is 6.10 Å². The summed E-state index contributed by atoms with van der Waals surface area (Å²) in [5.41, 5.74) is 6.67. The normalized spacial score (nSPS) is 12.4. The Bertz CT molecular complexity index is 354. The number of ether oxygens (including phenoxy) is 1. The van der Waals surface area contributed by atoms with Gasteiger partial charge in [0.25, 0.3) is 0 Å². The molecule has 102 valence electrons. The summed E-state index contributed by atoms with van der Waals surface area (Å²) in [5, 5.41) is 0.707. The average Bonchev–Trinajstić information content (AvgIpc) is 2.37. The maximum absolute atomic E-state index is 5.94. The number of benzene rings is 1. The fraction of sp³-hybridized carbons (Fsp3) is 0.600. The first kappa shape index (κ1) is 15.3. The molecule has 0 aliphatic carbocycles. The monoisotopic (exact) mass is 269 g/mol. The fourth-order valence-electron chi connectivity index (χ4n) is 1.96. The summed E-state index contributed by atoms with van der Waals surface area (Å²) < 4.78 is 5.93. The van der Waals surface area contributed by atoms with Crippen molar-refractivity contribution in [2.24, 2.45) is 5.73 Å². The van der Waals surface area contributed by atoms with Crippen molar-refractivity contribution in [3.8, 4) is 5.75 Å². The first-order chi connectivity index (χ1) is 8.67. The van der Waals surface area contributed by atoms with Crippen molar-refractivity contribution in [1.82, 2.24) is 0 Å². The van der Waals surface area contributed by atoms with Gasteiger partial charge in [-0.1, -0.05) is 37.8 Å². The molecule has 0 spiro atoms. The highest BCUT2D eigenvalue weighted by Crippen LogP contribution is 2.24. The minimum atomic E-state index is 0.230. The first-order valence-electron chi connectivity index (χ1n) is 6.82. The number of hydrogen-bond acceptors (Lipinski definition) is 2. The Morgan fingerprint density at radius 3 is 2.72 bits per heavy atom. The van der Waals surface area contributed by atoms with Crippen LogP contribution in [0.15, 0.2) is 18.2 Å². The highest BCUT2D eigenvalue weighted by molar-refractivity contribution is 6.30. The van der Waals surface area contributed by atoms with Gasteiger partial charge in [0.2, 0.25) is 0 Å². The molecule has 0 saturated heterocycles. The van der Waals surface area contributed by atoms with Crippen LogP contribution in [0.3, 0.4) is 0 Å². The molecule has 1 aromatic rings. The maximum atomic E-state index is 5.94. The molecule has 0 heterocycles. The second-order valence-electron chi connectivity index (χ2n) is 4.73. The lowest BCUT2D eigenvalue weighted by molar-refractivity contribution is 0.204. The molecule has 0 aliphatic heterocycles. The summed E-state index contributed by atoms with van der Waals surface area (Å²) in [4.78, 5) is 0. The zero-order valence-electron chi connectivity index (χ0n) is 11.4. The Balaban J connectivity index is 2.45. The Labute approximate surface area is 115 Å².